The first-order valence-corrected chi connectivity index (χ1v) is 18.6. The fourth-order valence-corrected chi connectivity index (χ4v) is 8.46. The maximum Gasteiger partial charge on any atom is 0.218 e. The second-order valence-electron chi connectivity index (χ2n) is 14.9. The van der Waals surface area contributed by atoms with Crippen LogP contribution < -0.4 is 14.4 Å². The molecule has 1 fully saturated rings. The molecule has 0 unspecified atom stereocenters. The highest BCUT2D eigenvalue weighted by atomic mass is 15.2. The van der Waals surface area contributed by atoms with E-state index in [-0.39, 0.29) is 10.8 Å². The fourth-order valence-electron chi connectivity index (χ4n) is 8.46. The number of benzene rings is 4. The van der Waals surface area contributed by atoms with Crippen LogP contribution in [0.2, 0.25) is 0 Å². The van der Waals surface area contributed by atoms with Gasteiger partial charge in [-0.25, -0.2) is 0 Å². The maximum absolute atomic E-state index is 2.55. The molecule has 0 aromatic heterocycles. The van der Waals surface area contributed by atoms with Crippen LogP contribution >= 0.6 is 0 Å². The second-order valence-corrected chi connectivity index (χ2v) is 14.9. The van der Waals surface area contributed by atoms with E-state index in [4.69, 9.17) is 0 Å². The number of para-hydroxylation sites is 4. The Morgan fingerprint density at radius 3 is 1.30 bits per heavy atom. The highest BCUT2D eigenvalue weighted by Gasteiger charge is 2.41. The quantitative estimate of drug-likeness (QED) is 0.174. The van der Waals surface area contributed by atoms with Gasteiger partial charge in [0.1, 0.15) is 0 Å². The van der Waals surface area contributed by atoms with Crippen LogP contribution in [0.3, 0.4) is 0 Å². The molecule has 1 saturated carbocycles. The zero-order chi connectivity index (χ0) is 34.9. The Kier molecular flexibility index (Phi) is 9.26. The van der Waals surface area contributed by atoms with Gasteiger partial charge in [0.2, 0.25) is 17.1 Å². The molecular formula is C47H52N3+. The van der Waals surface area contributed by atoms with Crippen molar-refractivity contribution in [3.63, 3.8) is 0 Å². The van der Waals surface area contributed by atoms with Gasteiger partial charge in [-0.3, -0.25) is 0 Å². The van der Waals surface area contributed by atoms with Gasteiger partial charge in [-0.05, 0) is 61.1 Å². The van der Waals surface area contributed by atoms with Crippen molar-refractivity contribution in [1.29, 1.82) is 0 Å². The Labute approximate surface area is 300 Å². The standard InChI is InChI=1S/C47H52N3/c1-7-33-48-41-25-17-15-23-39(41)46(3,4)43(48)31-29-35-27-28-36(45(35)50(37-19-11-9-12-20-37)38-21-13-10-14-22-38)30-32-44-47(5,6)40-24-16-18-26-42(40)49(44)34-8-2/h9-26,29-32H,7-8,27-28,33-34H2,1-6H3/q+1. The van der Waals surface area contributed by atoms with Crippen LogP contribution in [-0.4, -0.2) is 18.8 Å². The molecule has 0 saturated heterocycles. The minimum Gasteiger partial charge on any atom is -0.344 e. The van der Waals surface area contributed by atoms with Crippen molar-refractivity contribution in [2.45, 2.75) is 78.1 Å². The molecule has 0 amide bonds. The third-order valence-corrected chi connectivity index (χ3v) is 10.9. The van der Waals surface area contributed by atoms with Gasteiger partial charge >= 0.3 is 0 Å². The van der Waals surface area contributed by atoms with Crippen LogP contribution in [0.25, 0.3) is 0 Å². The molecule has 0 spiro atoms. The highest BCUT2D eigenvalue weighted by Crippen LogP contribution is 2.49. The molecule has 0 atom stereocenters. The van der Waals surface area contributed by atoms with E-state index in [0.29, 0.717) is 0 Å². The minimum absolute atomic E-state index is 0.0744. The summed E-state index contributed by atoms with van der Waals surface area (Å²) in [6.45, 7) is 16.1. The average molecular weight is 659 g/mol. The summed E-state index contributed by atoms with van der Waals surface area (Å²) < 4.78 is 2.48. The van der Waals surface area contributed by atoms with Gasteiger partial charge in [-0.15, -0.1) is 0 Å². The molecule has 3 heteroatoms. The first kappa shape index (κ1) is 33.6. The molecule has 7 rings (SSSR count). The molecule has 50 heavy (non-hydrogen) atoms. The number of hydrogen-bond donors (Lipinski definition) is 0. The normalized spacial score (nSPS) is 20.7. The molecule has 0 radical (unpaired) electrons. The van der Waals surface area contributed by atoms with Crippen molar-refractivity contribution in [3.8, 4) is 0 Å². The SMILES string of the molecule is CCCN1C(=CC=C2CCC(=CC=C3N(CCC)c4ccccc4C3(C)C)C2=[N+](c2ccccc2)c2ccccc2)C(C)(C)c2ccccc21. The number of anilines is 2. The van der Waals surface area contributed by atoms with E-state index in [2.05, 4.69) is 189 Å². The van der Waals surface area contributed by atoms with E-state index >= 15 is 0 Å². The summed E-state index contributed by atoms with van der Waals surface area (Å²) in [6.07, 6.45) is 13.9. The summed E-state index contributed by atoms with van der Waals surface area (Å²) in [5, 5.41) is 0. The van der Waals surface area contributed by atoms with E-state index in [1.165, 1.54) is 62.1 Å². The molecule has 3 nitrogen and oxygen atoms in total. The lowest BCUT2D eigenvalue weighted by Gasteiger charge is -2.26. The number of fused-ring (bicyclic) bond motifs is 2. The van der Waals surface area contributed by atoms with Crippen molar-refractivity contribution in [1.82, 2.24) is 4.58 Å². The van der Waals surface area contributed by atoms with Crippen LogP contribution in [0.15, 0.2) is 156 Å². The molecule has 3 aliphatic rings. The first-order chi connectivity index (χ1) is 24.3. The Balaban J connectivity index is 1.42. The molecule has 1 aliphatic carbocycles. The van der Waals surface area contributed by atoms with Crippen LogP contribution in [0.5, 0.6) is 0 Å². The number of nitrogens with zero attached hydrogens (tertiary/aromatic N) is 3. The van der Waals surface area contributed by atoms with Gasteiger partial charge in [-0.1, -0.05) is 126 Å². The van der Waals surface area contributed by atoms with Crippen LogP contribution in [-0.2, 0) is 10.8 Å². The predicted octanol–water partition coefficient (Wildman–Crippen LogP) is 11.8. The van der Waals surface area contributed by atoms with Gasteiger partial charge in [0.05, 0.1) is 0 Å². The molecule has 0 bridgehead atoms. The molecule has 254 valence electrons. The lowest BCUT2D eigenvalue weighted by Crippen LogP contribution is -2.27. The van der Waals surface area contributed by atoms with Gasteiger partial charge in [0.15, 0.2) is 0 Å². The summed E-state index contributed by atoms with van der Waals surface area (Å²) in [5.74, 6) is 0. The number of allylic oxidation sites excluding steroid dienone is 8. The van der Waals surface area contributed by atoms with Crippen LogP contribution in [0, 0.1) is 0 Å². The van der Waals surface area contributed by atoms with E-state index in [9.17, 15) is 0 Å². The summed E-state index contributed by atoms with van der Waals surface area (Å²) in [5.41, 5.74) is 14.5. The highest BCUT2D eigenvalue weighted by molar-refractivity contribution is 6.17. The Morgan fingerprint density at radius 2 is 0.900 bits per heavy atom. The molecule has 2 heterocycles. The molecule has 2 aliphatic heterocycles. The summed E-state index contributed by atoms with van der Waals surface area (Å²) in [4.78, 5) is 5.10. The Morgan fingerprint density at radius 1 is 0.520 bits per heavy atom. The van der Waals surface area contributed by atoms with E-state index in [1.807, 2.05) is 0 Å². The van der Waals surface area contributed by atoms with E-state index in [0.717, 1.165) is 38.8 Å². The fraction of sp³-hybridized carbons (Fsp3) is 0.298. The van der Waals surface area contributed by atoms with Crippen molar-refractivity contribution < 1.29 is 0 Å². The Hall–Kier alpha value is -4.89. The lowest BCUT2D eigenvalue weighted by atomic mass is 9.83. The summed E-state index contributed by atoms with van der Waals surface area (Å²) in [7, 11) is 0. The van der Waals surface area contributed by atoms with Crippen molar-refractivity contribution >= 4 is 28.5 Å². The number of hydrogen-bond acceptors (Lipinski definition) is 2. The smallest absolute Gasteiger partial charge is 0.218 e. The zero-order valence-corrected chi connectivity index (χ0v) is 30.8. The largest absolute Gasteiger partial charge is 0.344 e. The third kappa shape index (κ3) is 5.87. The van der Waals surface area contributed by atoms with Crippen molar-refractivity contribution in [2.24, 2.45) is 0 Å². The van der Waals surface area contributed by atoms with Crippen molar-refractivity contribution in [2.75, 3.05) is 22.9 Å². The van der Waals surface area contributed by atoms with Crippen LogP contribution in [0.1, 0.15) is 78.4 Å². The summed E-state index contributed by atoms with van der Waals surface area (Å²) in [6, 6.07) is 39.7. The predicted molar refractivity (Wildman–Crippen MR) is 215 cm³/mol. The first-order valence-electron chi connectivity index (χ1n) is 18.6. The molecule has 4 aromatic carbocycles. The van der Waals surface area contributed by atoms with Gasteiger partial charge < -0.3 is 9.80 Å². The molecular weight excluding hydrogens is 607 g/mol. The molecule has 4 aromatic rings. The topological polar surface area (TPSA) is 9.49 Å². The number of rotatable bonds is 8. The second kappa shape index (κ2) is 13.8. The van der Waals surface area contributed by atoms with E-state index in [1.54, 1.807) is 0 Å². The Bertz CT molecular complexity index is 1880. The van der Waals surface area contributed by atoms with E-state index < -0.39 is 0 Å². The monoisotopic (exact) mass is 658 g/mol. The minimum atomic E-state index is -0.0744. The van der Waals surface area contributed by atoms with Gasteiger partial charge in [-0.2, -0.15) is 4.58 Å². The zero-order valence-electron chi connectivity index (χ0n) is 30.8. The van der Waals surface area contributed by atoms with Crippen molar-refractivity contribution in [3.05, 3.63) is 167 Å². The van der Waals surface area contributed by atoms with Gasteiger partial charge in [0.25, 0.3) is 0 Å². The summed E-state index contributed by atoms with van der Waals surface area (Å²) >= 11 is 0. The lowest BCUT2D eigenvalue weighted by molar-refractivity contribution is 0.628. The average Bonchev–Trinajstić information content (AvgIpc) is 3.69. The third-order valence-electron chi connectivity index (χ3n) is 10.9. The van der Waals surface area contributed by atoms with Gasteiger partial charge in [0, 0.05) is 82.1 Å². The molecule has 0 N–H and O–H groups in total. The van der Waals surface area contributed by atoms with Crippen LogP contribution in [0.4, 0.5) is 22.7 Å². The maximum atomic E-state index is 2.55.